The van der Waals surface area contributed by atoms with E-state index in [-0.39, 0.29) is 35.3 Å². The van der Waals surface area contributed by atoms with Crippen LogP contribution in [0.5, 0.6) is 11.8 Å². The lowest BCUT2D eigenvalue weighted by atomic mass is 10.1. The maximum absolute atomic E-state index is 13.0. The van der Waals surface area contributed by atoms with Crippen LogP contribution in [0.4, 0.5) is 0 Å². The minimum atomic E-state index is -3.30. The van der Waals surface area contributed by atoms with E-state index < -0.39 is 15.7 Å². The number of carbonyl (C=O) groups excluding carboxylic acids is 2. The SMILES string of the molecule is Cc1nc(Oc2ccc(CC(N)=O)cc2)nc2c1ccc(=O)n2-c1ccc(C(=O)NCc2ccc(S(C)(=O)=O)cc2)cc1. The van der Waals surface area contributed by atoms with E-state index in [0.29, 0.717) is 33.7 Å². The molecule has 2 aromatic heterocycles. The number of nitrogens with one attached hydrogen (secondary N) is 1. The number of aromatic nitrogens is 3. The van der Waals surface area contributed by atoms with Crippen LogP contribution in [0.3, 0.4) is 0 Å². The zero-order valence-electron chi connectivity index (χ0n) is 23.3. The molecule has 0 saturated carbocycles. The second-order valence-electron chi connectivity index (χ2n) is 9.87. The number of benzene rings is 3. The highest BCUT2D eigenvalue weighted by Gasteiger charge is 2.14. The first-order valence-electron chi connectivity index (χ1n) is 13.1. The van der Waals surface area contributed by atoms with Crippen molar-refractivity contribution in [2.45, 2.75) is 24.8 Å². The summed E-state index contributed by atoms with van der Waals surface area (Å²) in [6.07, 6.45) is 1.25. The number of hydrogen-bond acceptors (Lipinski definition) is 8. The van der Waals surface area contributed by atoms with Crippen molar-refractivity contribution in [1.29, 1.82) is 0 Å². The first-order chi connectivity index (χ1) is 20.5. The highest BCUT2D eigenvalue weighted by Crippen LogP contribution is 2.24. The Morgan fingerprint density at radius 1 is 0.884 bits per heavy atom. The van der Waals surface area contributed by atoms with Crippen LogP contribution in [0.1, 0.15) is 27.2 Å². The van der Waals surface area contributed by atoms with Gasteiger partial charge in [-0.3, -0.25) is 19.0 Å². The van der Waals surface area contributed by atoms with Crippen molar-refractivity contribution in [3.63, 3.8) is 0 Å². The van der Waals surface area contributed by atoms with Crippen LogP contribution < -0.4 is 21.3 Å². The van der Waals surface area contributed by atoms with Gasteiger partial charge in [-0.25, -0.2) is 8.42 Å². The third kappa shape index (κ3) is 6.76. The summed E-state index contributed by atoms with van der Waals surface area (Å²) in [5, 5.41) is 3.45. The fourth-order valence-electron chi connectivity index (χ4n) is 4.42. The second kappa shape index (κ2) is 11.9. The monoisotopic (exact) mass is 597 g/mol. The van der Waals surface area contributed by atoms with Gasteiger partial charge in [-0.15, -0.1) is 0 Å². The fraction of sp³-hybridized carbons (Fsp3) is 0.129. The summed E-state index contributed by atoms with van der Waals surface area (Å²) in [4.78, 5) is 46.1. The molecule has 0 atom stereocenters. The number of primary amides is 1. The number of carbonyl (C=O) groups is 2. The van der Waals surface area contributed by atoms with Crippen molar-refractivity contribution in [3.8, 4) is 17.4 Å². The summed E-state index contributed by atoms with van der Waals surface area (Å²) in [6.45, 7) is 1.99. The molecule has 0 radical (unpaired) electrons. The lowest BCUT2D eigenvalue weighted by Gasteiger charge is -2.13. The van der Waals surface area contributed by atoms with Crippen LogP contribution in [0.2, 0.25) is 0 Å². The minimum absolute atomic E-state index is 0.0348. The van der Waals surface area contributed by atoms with Gasteiger partial charge >= 0.3 is 6.01 Å². The van der Waals surface area contributed by atoms with Crippen LogP contribution in [-0.4, -0.2) is 41.0 Å². The molecule has 3 aromatic carbocycles. The predicted octanol–water partition coefficient (Wildman–Crippen LogP) is 3.24. The van der Waals surface area contributed by atoms with Gasteiger partial charge in [0.15, 0.2) is 15.5 Å². The topological polar surface area (TPSA) is 163 Å². The van der Waals surface area contributed by atoms with Gasteiger partial charge in [0.25, 0.3) is 11.5 Å². The molecule has 5 aromatic rings. The Kier molecular flexibility index (Phi) is 8.04. The number of aryl methyl sites for hydroxylation is 1. The Morgan fingerprint density at radius 3 is 2.16 bits per heavy atom. The van der Waals surface area contributed by atoms with Gasteiger partial charge < -0.3 is 15.8 Å². The largest absolute Gasteiger partial charge is 0.424 e. The van der Waals surface area contributed by atoms with Gasteiger partial charge in [0.05, 0.1) is 22.7 Å². The predicted molar refractivity (Wildman–Crippen MR) is 160 cm³/mol. The highest BCUT2D eigenvalue weighted by molar-refractivity contribution is 7.90. The Bertz CT molecular complexity index is 2000. The van der Waals surface area contributed by atoms with E-state index in [0.717, 1.165) is 17.4 Å². The van der Waals surface area contributed by atoms with Gasteiger partial charge in [-0.05, 0) is 72.6 Å². The summed E-state index contributed by atoms with van der Waals surface area (Å²) in [7, 11) is -3.30. The van der Waals surface area contributed by atoms with Crippen LogP contribution in [0, 0.1) is 6.92 Å². The molecule has 43 heavy (non-hydrogen) atoms. The number of nitrogens with two attached hydrogens (primary N) is 1. The summed E-state index contributed by atoms with van der Waals surface area (Å²) < 4.78 is 30.6. The van der Waals surface area contributed by atoms with E-state index in [4.69, 9.17) is 10.5 Å². The smallest absolute Gasteiger partial charge is 0.324 e. The number of hydrogen-bond donors (Lipinski definition) is 2. The Hall–Kier alpha value is -5.36. The van der Waals surface area contributed by atoms with E-state index in [1.165, 1.54) is 22.8 Å². The van der Waals surface area contributed by atoms with E-state index in [9.17, 15) is 22.8 Å². The van der Waals surface area contributed by atoms with Crippen LogP contribution >= 0.6 is 0 Å². The number of nitrogens with zero attached hydrogens (tertiary/aromatic N) is 3. The lowest BCUT2D eigenvalue weighted by Crippen LogP contribution is -2.23. The number of sulfone groups is 1. The van der Waals surface area contributed by atoms with Crippen molar-refractivity contribution in [2.75, 3.05) is 6.26 Å². The van der Waals surface area contributed by atoms with E-state index in [2.05, 4.69) is 15.3 Å². The highest BCUT2D eigenvalue weighted by atomic mass is 32.2. The minimum Gasteiger partial charge on any atom is -0.424 e. The third-order valence-corrected chi connectivity index (χ3v) is 7.75. The molecule has 2 heterocycles. The molecule has 0 saturated heterocycles. The molecule has 0 aliphatic carbocycles. The number of ether oxygens (including phenoxy) is 1. The van der Waals surface area contributed by atoms with E-state index >= 15 is 0 Å². The standard InChI is InChI=1S/C31H27N5O6S/c1-19-26-15-16-28(38)36(29(26)35-31(34-19)42-24-11-3-20(4-12-24)17-27(32)37)23-9-7-22(8-10-23)30(39)33-18-21-5-13-25(14-6-21)43(2,40)41/h3-16H,17-18H2,1-2H3,(H2,32,37)(H,33,39). The average Bonchev–Trinajstić information content (AvgIpc) is 2.96. The third-order valence-electron chi connectivity index (χ3n) is 6.62. The fourth-order valence-corrected chi connectivity index (χ4v) is 5.05. The van der Waals surface area contributed by atoms with Crippen molar-refractivity contribution in [3.05, 3.63) is 118 Å². The normalized spacial score (nSPS) is 11.3. The van der Waals surface area contributed by atoms with Crippen LogP contribution in [0.15, 0.2) is 94.6 Å². The molecule has 3 N–H and O–H groups in total. The molecule has 0 spiro atoms. The number of fused-ring (bicyclic) bond motifs is 1. The van der Waals surface area contributed by atoms with Gasteiger partial charge in [0.2, 0.25) is 5.91 Å². The van der Waals surface area contributed by atoms with E-state index in [1.807, 2.05) is 0 Å². The van der Waals surface area contributed by atoms with Crippen LogP contribution in [0.25, 0.3) is 16.7 Å². The molecule has 0 fully saturated rings. The summed E-state index contributed by atoms with van der Waals surface area (Å²) in [6, 6.07) is 22.7. The second-order valence-corrected chi connectivity index (χ2v) is 11.9. The molecule has 11 nitrogen and oxygen atoms in total. The van der Waals surface area contributed by atoms with Gasteiger partial charge in [-0.2, -0.15) is 9.97 Å². The number of pyridine rings is 1. The number of rotatable bonds is 9. The molecular formula is C31H27N5O6S. The quantitative estimate of drug-likeness (QED) is 0.262. The molecule has 12 heteroatoms. The van der Waals surface area contributed by atoms with Crippen molar-refractivity contribution in [1.82, 2.24) is 19.9 Å². The maximum atomic E-state index is 13.0. The molecule has 0 aliphatic heterocycles. The lowest BCUT2D eigenvalue weighted by molar-refractivity contribution is -0.117. The molecule has 218 valence electrons. The Morgan fingerprint density at radius 2 is 1.53 bits per heavy atom. The molecule has 5 rings (SSSR count). The zero-order valence-corrected chi connectivity index (χ0v) is 24.1. The molecule has 2 amide bonds. The average molecular weight is 598 g/mol. The summed E-state index contributed by atoms with van der Waals surface area (Å²) in [5.41, 5.74) is 8.19. The van der Waals surface area contributed by atoms with Gasteiger partial charge in [-0.1, -0.05) is 24.3 Å². The first-order valence-corrected chi connectivity index (χ1v) is 15.0. The molecular weight excluding hydrogens is 570 g/mol. The van der Waals surface area contributed by atoms with E-state index in [1.54, 1.807) is 73.7 Å². The first kappa shape index (κ1) is 29.1. The molecule has 0 bridgehead atoms. The Balaban J connectivity index is 1.37. The van der Waals surface area contributed by atoms with Gasteiger partial charge in [0, 0.05) is 29.8 Å². The molecule has 0 unspecified atom stereocenters. The zero-order chi connectivity index (χ0) is 30.7. The van der Waals surface area contributed by atoms with Crippen molar-refractivity contribution < 1.29 is 22.7 Å². The number of amides is 2. The van der Waals surface area contributed by atoms with Crippen molar-refractivity contribution in [2.24, 2.45) is 5.73 Å². The Labute approximate surface area is 246 Å². The van der Waals surface area contributed by atoms with Crippen LogP contribution in [-0.2, 0) is 27.6 Å². The van der Waals surface area contributed by atoms with Crippen molar-refractivity contribution >= 4 is 32.7 Å². The van der Waals surface area contributed by atoms with Gasteiger partial charge in [0.1, 0.15) is 5.75 Å². The summed E-state index contributed by atoms with van der Waals surface area (Å²) >= 11 is 0. The molecule has 0 aliphatic rings. The summed E-state index contributed by atoms with van der Waals surface area (Å²) in [5.74, 6) is -0.328. The maximum Gasteiger partial charge on any atom is 0.324 e.